The third-order valence-corrected chi connectivity index (χ3v) is 8.27. The first kappa shape index (κ1) is 18.4. The van der Waals surface area contributed by atoms with Gasteiger partial charge in [0, 0.05) is 23.8 Å². The molecule has 1 aliphatic carbocycles. The van der Waals surface area contributed by atoms with Crippen LogP contribution < -0.4 is 4.74 Å². The Kier molecular flexibility index (Phi) is 4.27. The first-order valence-electron chi connectivity index (χ1n) is 8.40. The van der Waals surface area contributed by atoms with Gasteiger partial charge < -0.3 is 4.74 Å². The second kappa shape index (κ2) is 6.27. The summed E-state index contributed by atoms with van der Waals surface area (Å²) in [6.45, 7) is -0.175. The lowest BCUT2D eigenvalue weighted by atomic mass is 9.72. The summed E-state index contributed by atoms with van der Waals surface area (Å²) < 4.78 is 60.2. The largest absolute Gasteiger partial charge is 0.490 e. The van der Waals surface area contributed by atoms with Crippen LogP contribution in [0.4, 0.5) is 8.78 Å². The van der Waals surface area contributed by atoms with Gasteiger partial charge in [-0.3, -0.25) is 4.79 Å². The molecular weight excluding hydrogens is 398 g/mol. The van der Waals surface area contributed by atoms with Gasteiger partial charge in [0.1, 0.15) is 16.3 Å². The SMILES string of the molecule is O=C1CC[C@@]2(S(=O)(=O)c3ccc(Cl)cc3)c3c(F)ccc(F)c3OC[C@@H]2C1. The fourth-order valence-electron chi connectivity index (χ4n) is 4.16. The lowest BCUT2D eigenvalue weighted by Crippen LogP contribution is -2.52. The molecule has 142 valence electrons. The van der Waals surface area contributed by atoms with Gasteiger partial charge in [-0.1, -0.05) is 11.6 Å². The number of benzene rings is 2. The predicted molar refractivity (Wildman–Crippen MR) is 94.5 cm³/mol. The van der Waals surface area contributed by atoms with Gasteiger partial charge in [0.05, 0.1) is 17.1 Å². The fraction of sp³-hybridized carbons (Fsp3) is 0.316. The molecule has 8 heteroatoms. The summed E-state index contributed by atoms with van der Waals surface area (Å²) in [7, 11) is -4.17. The average molecular weight is 413 g/mol. The number of carbonyl (C=O) groups excluding carboxylic acids is 1. The molecule has 27 heavy (non-hydrogen) atoms. The Morgan fingerprint density at radius 1 is 1.07 bits per heavy atom. The standard InChI is InChI=1S/C19H15ClF2O4S/c20-12-1-3-14(4-2-12)27(24,25)19-8-7-13(23)9-11(19)10-26-18-16(22)6-5-15(21)17(18)19/h1-6,11H,7-10H2/t11-,19-/m0/s1. The number of carbonyl (C=O) groups is 1. The zero-order valence-corrected chi connectivity index (χ0v) is 15.6. The molecule has 2 aromatic carbocycles. The molecule has 1 fully saturated rings. The third kappa shape index (κ3) is 2.59. The van der Waals surface area contributed by atoms with Crippen LogP contribution >= 0.6 is 11.6 Å². The molecule has 0 saturated heterocycles. The molecule has 0 N–H and O–H groups in total. The second-order valence-corrected chi connectivity index (χ2v) is 9.47. The van der Waals surface area contributed by atoms with E-state index in [-0.39, 0.29) is 42.1 Å². The Labute approximate surface area is 160 Å². The van der Waals surface area contributed by atoms with E-state index in [2.05, 4.69) is 0 Å². The van der Waals surface area contributed by atoms with E-state index in [0.29, 0.717) is 5.02 Å². The van der Waals surface area contributed by atoms with Crippen LogP contribution in [0.15, 0.2) is 41.3 Å². The highest BCUT2D eigenvalue weighted by molar-refractivity contribution is 7.92. The van der Waals surface area contributed by atoms with Gasteiger partial charge in [0.2, 0.25) is 0 Å². The highest BCUT2D eigenvalue weighted by Crippen LogP contribution is 2.55. The van der Waals surface area contributed by atoms with E-state index in [4.69, 9.17) is 16.3 Å². The number of rotatable bonds is 2. The van der Waals surface area contributed by atoms with Gasteiger partial charge in [-0.15, -0.1) is 0 Å². The molecule has 0 amide bonds. The lowest BCUT2D eigenvalue weighted by Gasteiger charge is -2.46. The van der Waals surface area contributed by atoms with Crippen molar-refractivity contribution >= 4 is 27.2 Å². The highest BCUT2D eigenvalue weighted by atomic mass is 35.5. The summed E-state index contributed by atoms with van der Waals surface area (Å²) in [5, 5.41) is 0.353. The van der Waals surface area contributed by atoms with Crippen molar-refractivity contribution in [2.45, 2.75) is 28.9 Å². The molecule has 0 bridgehead atoms. The summed E-state index contributed by atoms with van der Waals surface area (Å²) in [6.07, 6.45) is -0.223. The second-order valence-electron chi connectivity index (χ2n) is 6.83. The van der Waals surface area contributed by atoms with Crippen LogP contribution in [0.2, 0.25) is 5.02 Å². The molecule has 2 atom stereocenters. The molecule has 0 aromatic heterocycles. The van der Waals surface area contributed by atoms with Crippen molar-refractivity contribution < 1.29 is 26.7 Å². The summed E-state index contributed by atoms with van der Waals surface area (Å²) in [5.41, 5.74) is -0.318. The van der Waals surface area contributed by atoms with Crippen molar-refractivity contribution in [2.75, 3.05) is 6.61 Å². The molecule has 0 radical (unpaired) electrons. The van der Waals surface area contributed by atoms with Crippen LogP contribution in [0.1, 0.15) is 24.8 Å². The monoisotopic (exact) mass is 412 g/mol. The Morgan fingerprint density at radius 2 is 1.74 bits per heavy atom. The fourth-order valence-corrected chi connectivity index (χ4v) is 6.62. The topological polar surface area (TPSA) is 60.4 Å². The number of sulfone groups is 1. The maximum atomic E-state index is 14.9. The van der Waals surface area contributed by atoms with Crippen molar-refractivity contribution in [1.29, 1.82) is 0 Å². The Hall–Kier alpha value is -1.99. The van der Waals surface area contributed by atoms with Gasteiger partial charge in [-0.2, -0.15) is 0 Å². The molecule has 2 aromatic rings. The number of hydrogen-bond acceptors (Lipinski definition) is 4. The van der Waals surface area contributed by atoms with Gasteiger partial charge >= 0.3 is 0 Å². The Morgan fingerprint density at radius 3 is 2.44 bits per heavy atom. The van der Waals surface area contributed by atoms with E-state index in [1.165, 1.54) is 24.3 Å². The first-order valence-corrected chi connectivity index (χ1v) is 10.3. The molecular formula is C19H15ClF2O4S. The van der Waals surface area contributed by atoms with Crippen LogP contribution in [0.3, 0.4) is 0 Å². The minimum Gasteiger partial charge on any atom is -0.490 e. The van der Waals surface area contributed by atoms with Gasteiger partial charge in [-0.25, -0.2) is 17.2 Å². The molecule has 4 nitrogen and oxygen atoms in total. The van der Waals surface area contributed by atoms with Crippen molar-refractivity contribution in [1.82, 2.24) is 0 Å². The number of hydrogen-bond donors (Lipinski definition) is 0. The van der Waals surface area contributed by atoms with E-state index in [9.17, 15) is 22.0 Å². The van der Waals surface area contributed by atoms with Crippen molar-refractivity contribution in [3.63, 3.8) is 0 Å². The van der Waals surface area contributed by atoms with E-state index in [0.717, 1.165) is 12.1 Å². The van der Waals surface area contributed by atoms with Gasteiger partial charge in [-0.05, 0) is 42.8 Å². The minimum absolute atomic E-state index is 0.0291. The number of Topliss-reactive ketones (excluding diaryl/α,β-unsaturated/α-hetero) is 1. The number of ether oxygens (including phenoxy) is 1. The zero-order chi connectivity index (χ0) is 19.4. The molecule has 1 aliphatic heterocycles. The maximum absolute atomic E-state index is 14.9. The van der Waals surface area contributed by atoms with Crippen LogP contribution in [-0.2, 0) is 19.4 Å². The van der Waals surface area contributed by atoms with Crippen molar-refractivity contribution in [3.05, 3.63) is 58.6 Å². The maximum Gasteiger partial charge on any atom is 0.188 e. The molecule has 1 saturated carbocycles. The number of ketones is 1. The minimum atomic E-state index is -4.17. The summed E-state index contributed by atoms with van der Waals surface area (Å²) in [6, 6.07) is 7.34. The van der Waals surface area contributed by atoms with E-state index >= 15 is 0 Å². The van der Waals surface area contributed by atoms with Crippen LogP contribution in [0.5, 0.6) is 5.75 Å². The quantitative estimate of drug-likeness (QED) is 0.746. The lowest BCUT2D eigenvalue weighted by molar-refractivity contribution is -0.123. The average Bonchev–Trinajstić information content (AvgIpc) is 2.64. The summed E-state index contributed by atoms with van der Waals surface area (Å²) in [5.74, 6) is -3.00. The number of fused-ring (bicyclic) bond motifs is 3. The van der Waals surface area contributed by atoms with E-state index < -0.39 is 37.9 Å². The first-order chi connectivity index (χ1) is 12.8. The molecule has 1 heterocycles. The highest BCUT2D eigenvalue weighted by Gasteiger charge is 2.59. The van der Waals surface area contributed by atoms with Gasteiger partial charge in [0.25, 0.3) is 0 Å². The van der Waals surface area contributed by atoms with Crippen LogP contribution in [0, 0.1) is 17.6 Å². The predicted octanol–water partition coefficient (Wildman–Crippen LogP) is 4.05. The van der Waals surface area contributed by atoms with Gasteiger partial charge in [0.15, 0.2) is 21.4 Å². The molecule has 0 spiro atoms. The normalized spacial score (nSPS) is 24.7. The van der Waals surface area contributed by atoms with E-state index in [1.54, 1.807) is 0 Å². The summed E-state index contributed by atoms with van der Waals surface area (Å²) in [4.78, 5) is 11.9. The smallest absolute Gasteiger partial charge is 0.188 e. The number of halogens is 3. The third-order valence-electron chi connectivity index (χ3n) is 5.42. The molecule has 4 rings (SSSR count). The van der Waals surface area contributed by atoms with Crippen molar-refractivity contribution in [3.8, 4) is 5.75 Å². The zero-order valence-electron chi connectivity index (χ0n) is 14.0. The summed E-state index contributed by atoms with van der Waals surface area (Å²) >= 11 is 5.86. The Bertz CT molecular complexity index is 1040. The Balaban J connectivity index is 2.03. The molecule has 2 aliphatic rings. The van der Waals surface area contributed by atoms with Crippen molar-refractivity contribution in [2.24, 2.45) is 5.92 Å². The molecule has 0 unspecified atom stereocenters. The van der Waals surface area contributed by atoms with Crippen LogP contribution in [0.25, 0.3) is 0 Å². The van der Waals surface area contributed by atoms with E-state index in [1.807, 2.05) is 0 Å². The van der Waals surface area contributed by atoms with Crippen LogP contribution in [-0.4, -0.2) is 20.8 Å².